The van der Waals surface area contributed by atoms with Crippen LogP contribution in [-0.2, 0) is 9.63 Å². The molecule has 0 aliphatic carbocycles. The summed E-state index contributed by atoms with van der Waals surface area (Å²) < 4.78 is 0. The van der Waals surface area contributed by atoms with E-state index < -0.39 is 11.1 Å². The van der Waals surface area contributed by atoms with Crippen molar-refractivity contribution in [3.8, 4) is 0 Å². The van der Waals surface area contributed by atoms with E-state index in [0.29, 0.717) is 6.42 Å². The molecule has 0 aliphatic rings. The second-order valence-electron chi connectivity index (χ2n) is 3.68. The zero-order chi connectivity index (χ0) is 12.2. The summed E-state index contributed by atoms with van der Waals surface area (Å²) >= 11 is 0. The van der Waals surface area contributed by atoms with Crippen LogP contribution in [0, 0.1) is 10.1 Å². The minimum atomic E-state index is -0.772. The van der Waals surface area contributed by atoms with Crippen LogP contribution in [0.25, 0.3) is 0 Å². The van der Waals surface area contributed by atoms with Crippen LogP contribution in [0.5, 0.6) is 0 Å². The van der Waals surface area contributed by atoms with Gasteiger partial charge in [-0.1, -0.05) is 39.5 Å². The maximum absolute atomic E-state index is 10.2. The normalized spacial score (nSPS) is 9.41. The summed E-state index contributed by atoms with van der Waals surface area (Å²) in [5.41, 5.74) is 0. The van der Waals surface area contributed by atoms with Crippen LogP contribution in [0.3, 0.4) is 0 Å². The van der Waals surface area contributed by atoms with Gasteiger partial charge in [-0.2, -0.15) is 0 Å². The van der Waals surface area contributed by atoms with E-state index in [1.54, 1.807) is 0 Å². The Morgan fingerprint density at radius 1 is 1.06 bits per heavy atom. The molecule has 0 spiro atoms. The first-order valence-electron chi connectivity index (χ1n) is 5.62. The lowest BCUT2D eigenvalue weighted by molar-refractivity contribution is -0.757. The third kappa shape index (κ3) is 17.3. The average Bonchev–Trinajstić information content (AvgIpc) is 2.20. The first-order chi connectivity index (χ1) is 7.63. The fraction of sp³-hybridized carbons (Fsp3) is 0.909. The molecule has 0 radical (unpaired) electrons. The minimum Gasteiger partial charge on any atom is -0.481 e. The van der Waals surface area contributed by atoms with Gasteiger partial charge in [0.15, 0.2) is 0 Å². The molecule has 102 valence electrons. The van der Waals surface area contributed by atoms with Crippen molar-refractivity contribution in [2.24, 2.45) is 0 Å². The third-order valence-corrected chi connectivity index (χ3v) is 2.23. The topological polar surface area (TPSA) is 89.7 Å². The molecule has 0 heterocycles. The number of unbranched alkanes of at least 4 members (excludes halogenated alkanes) is 6. The molecule has 17 heavy (non-hydrogen) atoms. The number of carboxylic acids is 1. The van der Waals surface area contributed by atoms with Gasteiger partial charge in [0.05, 0.1) is 6.61 Å². The summed E-state index contributed by atoms with van der Waals surface area (Å²) in [5, 5.41) is 17.4. The third-order valence-electron chi connectivity index (χ3n) is 2.23. The SMILES string of the molecule is C.O=C(O)CCCCCCCCCO[N+](=O)[O-]. The molecule has 0 aliphatic heterocycles. The lowest BCUT2D eigenvalue weighted by Crippen LogP contribution is -2.01. The molecule has 0 fully saturated rings. The van der Waals surface area contributed by atoms with Gasteiger partial charge in [-0.05, 0) is 12.8 Å². The van der Waals surface area contributed by atoms with Crippen molar-refractivity contribution < 1.29 is 19.8 Å². The largest absolute Gasteiger partial charge is 0.481 e. The molecule has 0 unspecified atom stereocenters. The van der Waals surface area contributed by atoms with E-state index in [-0.39, 0.29) is 20.5 Å². The van der Waals surface area contributed by atoms with Crippen LogP contribution in [0.15, 0.2) is 0 Å². The number of carboxylic acid groups (broad SMARTS) is 1. The van der Waals surface area contributed by atoms with E-state index in [2.05, 4.69) is 4.84 Å². The maximum atomic E-state index is 10.2. The predicted molar refractivity (Wildman–Crippen MR) is 64.2 cm³/mol. The molecular formula is C11H23NO5. The maximum Gasteiger partial charge on any atom is 0.303 e. The summed E-state index contributed by atoms with van der Waals surface area (Å²) in [6, 6.07) is 0. The van der Waals surface area contributed by atoms with Crippen molar-refractivity contribution in [3.05, 3.63) is 10.1 Å². The van der Waals surface area contributed by atoms with Crippen molar-refractivity contribution in [3.63, 3.8) is 0 Å². The quantitative estimate of drug-likeness (QED) is 0.345. The van der Waals surface area contributed by atoms with Gasteiger partial charge in [-0.15, -0.1) is 10.1 Å². The molecule has 0 aromatic rings. The van der Waals surface area contributed by atoms with Crippen molar-refractivity contribution in [2.45, 2.75) is 58.8 Å². The molecule has 0 saturated carbocycles. The zero-order valence-corrected chi connectivity index (χ0v) is 9.39. The Labute approximate surface area is 102 Å². The Balaban J connectivity index is 0. The molecule has 6 nitrogen and oxygen atoms in total. The first kappa shape index (κ1) is 18.0. The van der Waals surface area contributed by atoms with E-state index in [0.717, 1.165) is 38.5 Å². The van der Waals surface area contributed by atoms with E-state index in [1.165, 1.54) is 0 Å². The lowest BCUT2D eigenvalue weighted by Gasteiger charge is -2.00. The van der Waals surface area contributed by atoms with Gasteiger partial charge in [-0.25, -0.2) is 0 Å². The summed E-state index contributed by atoms with van der Waals surface area (Å²) in [5.74, 6) is -0.739. The van der Waals surface area contributed by atoms with Gasteiger partial charge in [-0.3, -0.25) is 4.79 Å². The molecule has 0 aromatic heterocycles. The number of hydrogen-bond donors (Lipinski definition) is 1. The Morgan fingerprint density at radius 2 is 1.53 bits per heavy atom. The Hall–Kier alpha value is -1.33. The number of carbonyl (C=O) groups is 1. The first-order valence-corrected chi connectivity index (χ1v) is 5.62. The van der Waals surface area contributed by atoms with Crippen molar-refractivity contribution in [1.82, 2.24) is 0 Å². The van der Waals surface area contributed by atoms with E-state index >= 15 is 0 Å². The standard InChI is InChI=1S/C10H19NO5.CH4/c12-10(13)8-6-4-2-1-3-5-7-9-16-11(14)15;/h1-9H2,(H,12,13);1H4. The lowest BCUT2D eigenvalue weighted by atomic mass is 10.1. The van der Waals surface area contributed by atoms with Crippen LogP contribution in [0.1, 0.15) is 58.8 Å². The fourth-order valence-corrected chi connectivity index (χ4v) is 1.40. The zero-order valence-electron chi connectivity index (χ0n) is 9.39. The van der Waals surface area contributed by atoms with Crippen molar-refractivity contribution in [2.75, 3.05) is 6.61 Å². The predicted octanol–water partition coefficient (Wildman–Crippen LogP) is 3.04. The smallest absolute Gasteiger partial charge is 0.303 e. The number of rotatable bonds is 11. The van der Waals surface area contributed by atoms with Gasteiger partial charge in [0.25, 0.3) is 5.09 Å². The molecular weight excluding hydrogens is 226 g/mol. The molecule has 6 heteroatoms. The second-order valence-corrected chi connectivity index (χ2v) is 3.68. The monoisotopic (exact) mass is 249 g/mol. The molecule has 0 rings (SSSR count). The molecule has 0 saturated heterocycles. The molecule has 0 amide bonds. The number of aliphatic carboxylic acids is 1. The molecule has 1 N–H and O–H groups in total. The van der Waals surface area contributed by atoms with Gasteiger partial charge >= 0.3 is 5.97 Å². The highest BCUT2D eigenvalue weighted by atomic mass is 16.9. The summed E-state index contributed by atoms with van der Waals surface area (Å²) in [6.45, 7) is 0.173. The summed E-state index contributed by atoms with van der Waals surface area (Å²) in [7, 11) is 0. The van der Waals surface area contributed by atoms with Crippen LogP contribution in [0.4, 0.5) is 0 Å². The van der Waals surface area contributed by atoms with Gasteiger partial charge < -0.3 is 9.94 Å². The Bertz CT molecular complexity index is 186. The van der Waals surface area contributed by atoms with Crippen LogP contribution < -0.4 is 0 Å². The number of nitrogens with zero attached hydrogens (tertiary/aromatic N) is 1. The fourth-order valence-electron chi connectivity index (χ4n) is 1.40. The van der Waals surface area contributed by atoms with Crippen molar-refractivity contribution in [1.29, 1.82) is 0 Å². The Morgan fingerprint density at radius 3 is 2.00 bits per heavy atom. The highest BCUT2D eigenvalue weighted by Crippen LogP contribution is 2.08. The van der Waals surface area contributed by atoms with Crippen LogP contribution >= 0.6 is 0 Å². The van der Waals surface area contributed by atoms with Gasteiger partial charge in [0.1, 0.15) is 0 Å². The Kier molecular flexibility index (Phi) is 13.5. The molecule has 0 bridgehead atoms. The number of hydrogen-bond acceptors (Lipinski definition) is 4. The highest BCUT2D eigenvalue weighted by molar-refractivity contribution is 5.66. The van der Waals surface area contributed by atoms with Gasteiger partial charge in [0, 0.05) is 6.42 Å². The van der Waals surface area contributed by atoms with Crippen molar-refractivity contribution >= 4 is 5.97 Å². The van der Waals surface area contributed by atoms with Crippen LogP contribution in [0.2, 0.25) is 0 Å². The highest BCUT2D eigenvalue weighted by Gasteiger charge is 1.97. The average molecular weight is 249 g/mol. The molecule has 0 aromatic carbocycles. The summed E-state index contributed by atoms with van der Waals surface area (Å²) in [6.07, 6.45) is 6.66. The van der Waals surface area contributed by atoms with Gasteiger partial charge in [0.2, 0.25) is 0 Å². The second kappa shape index (κ2) is 12.7. The molecule has 0 atom stereocenters. The van der Waals surface area contributed by atoms with E-state index in [9.17, 15) is 14.9 Å². The minimum absolute atomic E-state index is 0. The van der Waals surface area contributed by atoms with E-state index in [4.69, 9.17) is 5.11 Å². The van der Waals surface area contributed by atoms with Crippen LogP contribution in [-0.4, -0.2) is 22.8 Å². The van der Waals surface area contributed by atoms with E-state index in [1.807, 2.05) is 0 Å². The summed E-state index contributed by atoms with van der Waals surface area (Å²) in [4.78, 5) is 24.2.